The van der Waals surface area contributed by atoms with E-state index in [4.69, 9.17) is 9.26 Å². The molecule has 0 spiro atoms. The number of hydrogen-bond donors (Lipinski definition) is 2. The molecule has 160 valence electrons. The molecule has 2 amide bonds. The van der Waals surface area contributed by atoms with E-state index >= 15 is 0 Å². The SMILES string of the molecule is COc1ccc(-c2noc(C(=O)NCCNC(=O)c3ccc([N+](=O)[O-])c(C)c3)n2)cc1. The molecule has 11 nitrogen and oxygen atoms in total. The lowest BCUT2D eigenvalue weighted by Gasteiger charge is -2.06. The molecule has 1 aromatic heterocycles. The van der Waals surface area contributed by atoms with Gasteiger partial charge in [-0.25, -0.2) is 0 Å². The summed E-state index contributed by atoms with van der Waals surface area (Å²) in [6.07, 6.45) is 0. The normalized spacial score (nSPS) is 10.4. The van der Waals surface area contributed by atoms with Crippen LogP contribution in [0.3, 0.4) is 0 Å². The van der Waals surface area contributed by atoms with Crippen molar-refractivity contribution in [1.29, 1.82) is 0 Å². The van der Waals surface area contributed by atoms with Gasteiger partial charge in [-0.1, -0.05) is 5.16 Å². The predicted octanol–water partition coefficient (Wildman–Crippen LogP) is 2.12. The number of nitro groups is 1. The Bertz CT molecular complexity index is 1110. The Morgan fingerprint density at radius 2 is 1.77 bits per heavy atom. The van der Waals surface area contributed by atoms with E-state index in [0.717, 1.165) is 0 Å². The van der Waals surface area contributed by atoms with E-state index in [1.54, 1.807) is 38.3 Å². The standard InChI is InChI=1S/C20H19N5O6/c1-12-11-14(5-8-16(12)25(28)29)18(26)21-9-10-22-19(27)20-23-17(24-31-20)13-3-6-15(30-2)7-4-13/h3-8,11H,9-10H2,1-2H3,(H,21,26)(H,22,27). The van der Waals surface area contributed by atoms with Gasteiger partial charge in [0.1, 0.15) is 5.75 Å². The van der Waals surface area contributed by atoms with Crippen molar-refractivity contribution < 1.29 is 23.8 Å². The lowest BCUT2D eigenvalue weighted by molar-refractivity contribution is -0.385. The molecule has 0 radical (unpaired) electrons. The summed E-state index contributed by atoms with van der Waals surface area (Å²) in [5.41, 5.74) is 1.28. The monoisotopic (exact) mass is 425 g/mol. The lowest BCUT2D eigenvalue weighted by atomic mass is 10.1. The predicted molar refractivity (Wildman–Crippen MR) is 109 cm³/mol. The van der Waals surface area contributed by atoms with E-state index in [2.05, 4.69) is 20.8 Å². The van der Waals surface area contributed by atoms with Crippen molar-refractivity contribution in [2.45, 2.75) is 6.92 Å². The van der Waals surface area contributed by atoms with Gasteiger partial charge in [-0.3, -0.25) is 19.7 Å². The summed E-state index contributed by atoms with van der Waals surface area (Å²) in [5.74, 6) is -0.256. The van der Waals surface area contributed by atoms with Crippen molar-refractivity contribution in [3.05, 3.63) is 69.6 Å². The molecule has 3 aromatic rings. The summed E-state index contributed by atoms with van der Waals surface area (Å²) >= 11 is 0. The fraction of sp³-hybridized carbons (Fsp3) is 0.200. The highest BCUT2D eigenvalue weighted by atomic mass is 16.6. The second-order valence-corrected chi connectivity index (χ2v) is 6.42. The highest BCUT2D eigenvalue weighted by Gasteiger charge is 2.16. The van der Waals surface area contributed by atoms with Crippen LogP contribution < -0.4 is 15.4 Å². The van der Waals surface area contributed by atoms with Gasteiger partial charge in [0.15, 0.2) is 0 Å². The molecule has 0 fully saturated rings. The molecule has 0 saturated heterocycles. The van der Waals surface area contributed by atoms with Crippen LogP contribution in [0.5, 0.6) is 5.75 Å². The summed E-state index contributed by atoms with van der Waals surface area (Å²) in [6, 6.07) is 11.0. The number of aromatic nitrogens is 2. The minimum Gasteiger partial charge on any atom is -0.497 e. The summed E-state index contributed by atoms with van der Waals surface area (Å²) in [5, 5.41) is 19.8. The zero-order valence-corrected chi connectivity index (χ0v) is 16.7. The zero-order valence-electron chi connectivity index (χ0n) is 16.7. The third kappa shape index (κ3) is 5.21. The second kappa shape index (κ2) is 9.48. The highest BCUT2D eigenvalue weighted by Crippen LogP contribution is 2.20. The van der Waals surface area contributed by atoms with Crippen molar-refractivity contribution in [1.82, 2.24) is 20.8 Å². The lowest BCUT2D eigenvalue weighted by Crippen LogP contribution is -2.34. The first-order chi connectivity index (χ1) is 14.9. The van der Waals surface area contributed by atoms with E-state index in [9.17, 15) is 19.7 Å². The number of amides is 2. The Balaban J connectivity index is 1.49. The minimum atomic E-state index is -0.576. The molecule has 0 bridgehead atoms. The number of nitrogens with zero attached hydrogens (tertiary/aromatic N) is 3. The third-order valence-corrected chi connectivity index (χ3v) is 4.32. The van der Waals surface area contributed by atoms with Crippen LogP contribution in [0.1, 0.15) is 26.6 Å². The molecule has 2 aromatic carbocycles. The summed E-state index contributed by atoms with van der Waals surface area (Å²) in [4.78, 5) is 38.7. The van der Waals surface area contributed by atoms with Gasteiger partial charge in [-0.2, -0.15) is 4.98 Å². The van der Waals surface area contributed by atoms with Crippen LogP contribution in [0.25, 0.3) is 11.4 Å². The first-order valence-corrected chi connectivity index (χ1v) is 9.18. The van der Waals surface area contributed by atoms with Crippen LogP contribution in [0.15, 0.2) is 47.0 Å². The maximum absolute atomic E-state index is 12.2. The Morgan fingerprint density at radius 1 is 1.10 bits per heavy atom. The molecule has 0 aliphatic carbocycles. The van der Waals surface area contributed by atoms with Crippen molar-refractivity contribution >= 4 is 17.5 Å². The number of nitro benzene ring substituents is 1. The molecular weight excluding hydrogens is 406 g/mol. The number of carbonyl (C=O) groups excluding carboxylic acids is 2. The van der Waals surface area contributed by atoms with Gasteiger partial charge in [0, 0.05) is 35.8 Å². The maximum Gasteiger partial charge on any atom is 0.316 e. The van der Waals surface area contributed by atoms with Crippen LogP contribution in [0, 0.1) is 17.0 Å². The first-order valence-electron chi connectivity index (χ1n) is 9.18. The number of carbonyl (C=O) groups is 2. The Hall–Kier alpha value is -4.28. The van der Waals surface area contributed by atoms with Gasteiger partial charge in [-0.05, 0) is 43.3 Å². The molecule has 2 N–H and O–H groups in total. The van der Waals surface area contributed by atoms with E-state index in [1.807, 2.05) is 0 Å². The molecule has 3 rings (SSSR count). The maximum atomic E-state index is 12.2. The van der Waals surface area contributed by atoms with Gasteiger partial charge in [-0.15, -0.1) is 0 Å². The summed E-state index contributed by atoms with van der Waals surface area (Å²) < 4.78 is 10.1. The average molecular weight is 425 g/mol. The fourth-order valence-electron chi connectivity index (χ4n) is 2.70. The average Bonchev–Trinajstić information content (AvgIpc) is 3.26. The van der Waals surface area contributed by atoms with Gasteiger partial charge in [0.25, 0.3) is 11.6 Å². The molecule has 0 aliphatic rings. The topological polar surface area (TPSA) is 149 Å². The fourth-order valence-corrected chi connectivity index (χ4v) is 2.70. The Labute approximate surface area is 176 Å². The van der Waals surface area contributed by atoms with Gasteiger partial charge in [0.2, 0.25) is 5.82 Å². The zero-order chi connectivity index (χ0) is 22.4. The van der Waals surface area contributed by atoms with Crippen LogP contribution in [-0.2, 0) is 0 Å². The van der Waals surface area contributed by atoms with Crippen molar-refractivity contribution in [2.24, 2.45) is 0 Å². The molecule has 31 heavy (non-hydrogen) atoms. The number of methoxy groups -OCH3 is 1. The molecular formula is C20H19N5O6. The van der Waals surface area contributed by atoms with E-state index in [1.165, 1.54) is 18.2 Å². The first kappa shape index (κ1) is 21.4. The quantitative estimate of drug-likeness (QED) is 0.317. The van der Waals surface area contributed by atoms with Gasteiger partial charge >= 0.3 is 11.8 Å². The van der Waals surface area contributed by atoms with Crippen molar-refractivity contribution in [3.63, 3.8) is 0 Å². The largest absolute Gasteiger partial charge is 0.497 e. The molecule has 0 unspecified atom stereocenters. The molecule has 11 heteroatoms. The van der Waals surface area contributed by atoms with Crippen molar-refractivity contribution in [2.75, 3.05) is 20.2 Å². The van der Waals surface area contributed by atoms with E-state index in [0.29, 0.717) is 16.9 Å². The number of rotatable bonds is 8. The number of hydrogen-bond acceptors (Lipinski definition) is 8. The number of benzene rings is 2. The number of ether oxygens (including phenoxy) is 1. The minimum absolute atomic E-state index is 0.0580. The van der Waals surface area contributed by atoms with Gasteiger partial charge < -0.3 is 19.9 Å². The Morgan fingerprint density at radius 3 is 2.39 bits per heavy atom. The van der Waals surface area contributed by atoms with Crippen molar-refractivity contribution in [3.8, 4) is 17.1 Å². The smallest absolute Gasteiger partial charge is 0.316 e. The summed E-state index contributed by atoms with van der Waals surface area (Å²) in [7, 11) is 1.56. The Kier molecular flexibility index (Phi) is 6.55. The molecule has 0 aliphatic heterocycles. The number of aryl methyl sites for hydroxylation is 1. The van der Waals surface area contributed by atoms with Gasteiger partial charge in [0.05, 0.1) is 12.0 Å². The second-order valence-electron chi connectivity index (χ2n) is 6.42. The van der Waals surface area contributed by atoms with Crippen LogP contribution in [0.4, 0.5) is 5.69 Å². The highest BCUT2D eigenvalue weighted by molar-refractivity contribution is 5.94. The molecule has 1 heterocycles. The van der Waals surface area contributed by atoms with Crippen LogP contribution in [0.2, 0.25) is 0 Å². The number of nitrogens with one attached hydrogen (secondary N) is 2. The summed E-state index contributed by atoms with van der Waals surface area (Å²) in [6.45, 7) is 1.82. The van der Waals surface area contributed by atoms with E-state index in [-0.39, 0.29) is 36.1 Å². The molecule has 0 atom stereocenters. The van der Waals surface area contributed by atoms with Crippen LogP contribution >= 0.6 is 0 Å². The van der Waals surface area contributed by atoms with E-state index < -0.39 is 16.7 Å². The van der Waals surface area contributed by atoms with Crippen LogP contribution in [-0.4, -0.2) is 47.1 Å². The molecule has 0 saturated carbocycles. The third-order valence-electron chi connectivity index (χ3n) is 4.32.